The Morgan fingerprint density at radius 1 is 1.10 bits per heavy atom. The van der Waals surface area contributed by atoms with Crippen LogP contribution in [0.4, 0.5) is 0 Å². The van der Waals surface area contributed by atoms with Gasteiger partial charge in [0, 0.05) is 19.8 Å². The molecule has 20 heavy (non-hydrogen) atoms. The Balaban J connectivity index is 2.55. The normalized spacial score (nSPS) is 12.6. The quantitative estimate of drug-likeness (QED) is 0.666. The van der Waals surface area contributed by atoms with Crippen LogP contribution in [-0.2, 0) is 9.47 Å². The van der Waals surface area contributed by atoms with Gasteiger partial charge < -0.3 is 14.8 Å². The molecule has 0 saturated heterocycles. The second-order valence-corrected chi connectivity index (χ2v) is 5.24. The topological polar surface area (TPSA) is 30.5 Å². The van der Waals surface area contributed by atoms with E-state index in [1.165, 1.54) is 16.7 Å². The van der Waals surface area contributed by atoms with E-state index in [1.54, 1.807) is 7.11 Å². The summed E-state index contributed by atoms with van der Waals surface area (Å²) >= 11 is 0. The molecule has 1 aromatic carbocycles. The van der Waals surface area contributed by atoms with Gasteiger partial charge in [-0.15, -0.1) is 0 Å². The Bertz CT molecular complexity index is 379. The lowest BCUT2D eigenvalue weighted by Gasteiger charge is -2.20. The fraction of sp³-hybridized carbons (Fsp3) is 0.647. The van der Waals surface area contributed by atoms with Crippen molar-refractivity contribution in [2.75, 3.05) is 33.5 Å². The first kappa shape index (κ1) is 17.2. The number of aryl methyl sites for hydroxylation is 2. The molecule has 0 aliphatic heterocycles. The van der Waals surface area contributed by atoms with Crippen LogP contribution in [0.1, 0.15) is 42.5 Å². The minimum absolute atomic E-state index is 0.372. The molecule has 1 aromatic rings. The number of ether oxygens (including phenoxy) is 2. The zero-order valence-corrected chi connectivity index (χ0v) is 13.4. The van der Waals surface area contributed by atoms with E-state index in [-0.39, 0.29) is 0 Å². The molecule has 0 aliphatic carbocycles. The maximum Gasteiger partial charge on any atom is 0.0700 e. The van der Waals surface area contributed by atoms with Crippen molar-refractivity contribution in [3.63, 3.8) is 0 Å². The Morgan fingerprint density at radius 2 is 1.90 bits per heavy atom. The zero-order valence-electron chi connectivity index (χ0n) is 13.4. The van der Waals surface area contributed by atoms with Gasteiger partial charge in [0.2, 0.25) is 0 Å². The van der Waals surface area contributed by atoms with Crippen LogP contribution in [0.2, 0.25) is 0 Å². The summed E-state index contributed by atoms with van der Waals surface area (Å²) in [4.78, 5) is 0. The molecule has 1 rings (SSSR count). The highest BCUT2D eigenvalue weighted by Crippen LogP contribution is 2.20. The lowest BCUT2D eigenvalue weighted by molar-refractivity contribution is 0.0657. The minimum Gasteiger partial charge on any atom is -0.382 e. The molecular formula is C17H29NO2. The third-order valence-corrected chi connectivity index (χ3v) is 3.56. The SMILES string of the molecule is CCCNC(CCOCCOC)c1ccc(C)c(C)c1. The Morgan fingerprint density at radius 3 is 2.55 bits per heavy atom. The first-order valence-electron chi connectivity index (χ1n) is 7.56. The number of rotatable bonds is 10. The Hall–Kier alpha value is -0.900. The van der Waals surface area contributed by atoms with E-state index in [9.17, 15) is 0 Å². The maximum atomic E-state index is 5.59. The molecule has 0 fully saturated rings. The van der Waals surface area contributed by atoms with Crippen LogP contribution in [0.15, 0.2) is 18.2 Å². The van der Waals surface area contributed by atoms with Gasteiger partial charge in [-0.25, -0.2) is 0 Å². The molecule has 0 spiro atoms. The number of hydrogen-bond acceptors (Lipinski definition) is 3. The van der Waals surface area contributed by atoms with Gasteiger partial charge in [0.25, 0.3) is 0 Å². The third kappa shape index (κ3) is 6.04. The van der Waals surface area contributed by atoms with Gasteiger partial charge in [0.1, 0.15) is 0 Å². The summed E-state index contributed by atoms with van der Waals surface area (Å²) in [5.41, 5.74) is 4.06. The highest BCUT2D eigenvalue weighted by Gasteiger charge is 2.11. The molecule has 0 amide bonds. The lowest BCUT2D eigenvalue weighted by atomic mass is 9.99. The number of nitrogens with one attached hydrogen (secondary N) is 1. The van der Waals surface area contributed by atoms with Crippen molar-refractivity contribution in [2.45, 2.75) is 39.7 Å². The third-order valence-electron chi connectivity index (χ3n) is 3.56. The average Bonchev–Trinajstić information content (AvgIpc) is 2.45. The molecule has 0 bridgehead atoms. The van der Waals surface area contributed by atoms with Crippen LogP contribution < -0.4 is 5.32 Å². The number of hydrogen-bond donors (Lipinski definition) is 1. The maximum absolute atomic E-state index is 5.59. The van der Waals surface area contributed by atoms with E-state index in [4.69, 9.17) is 9.47 Å². The zero-order chi connectivity index (χ0) is 14.8. The van der Waals surface area contributed by atoms with Crippen LogP contribution in [0, 0.1) is 13.8 Å². The first-order chi connectivity index (χ1) is 9.69. The van der Waals surface area contributed by atoms with Crippen molar-refractivity contribution in [3.05, 3.63) is 34.9 Å². The van der Waals surface area contributed by atoms with Crippen LogP contribution in [0.3, 0.4) is 0 Å². The van der Waals surface area contributed by atoms with E-state index >= 15 is 0 Å². The average molecular weight is 279 g/mol. The Labute approximate surface area is 123 Å². The molecule has 0 saturated carbocycles. The van der Waals surface area contributed by atoms with Gasteiger partial charge in [-0.05, 0) is 49.9 Å². The van der Waals surface area contributed by atoms with E-state index in [1.807, 2.05) is 0 Å². The molecule has 1 unspecified atom stereocenters. The van der Waals surface area contributed by atoms with Crippen molar-refractivity contribution in [2.24, 2.45) is 0 Å². The summed E-state index contributed by atoms with van der Waals surface area (Å²) < 4.78 is 10.6. The van der Waals surface area contributed by atoms with Crippen molar-refractivity contribution in [1.82, 2.24) is 5.32 Å². The molecule has 1 atom stereocenters. The van der Waals surface area contributed by atoms with Crippen molar-refractivity contribution >= 4 is 0 Å². The fourth-order valence-electron chi connectivity index (χ4n) is 2.13. The summed E-state index contributed by atoms with van der Waals surface area (Å²) in [6.07, 6.45) is 2.14. The van der Waals surface area contributed by atoms with Gasteiger partial charge >= 0.3 is 0 Å². The van der Waals surface area contributed by atoms with Crippen LogP contribution in [0.25, 0.3) is 0 Å². The van der Waals surface area contributed by atoms with Gasteiger partial charge in [0.15, 0.2) is 0 Å². The largest absolute Gasteiger partial charge is 0.382 e. The lowest BCUT2D eigenvalue weighted by Crippen LogP contribution is -2.24. The van der Waals surface area contributed by atoms with E-state index in [0.717, 1.165) is 26.0 Å². The van der Waals surface area contributed by atoms with Gasteiger partial charge in [0.05, 0.1) is 13.2 Å². The second kappa shape index (κ2) is 9.92. The summed E-state index contributed by atoms with van der Waals surface area (Å²) in [7, 11) is 1.70. The first-order valence-corrected chi connectivity index (χ1v) is 7.56. The molecule has 0 radical (unpaired) electrons. The number of benzene rings is 1. The highest BCUT2D eigenvalue weighted by atomic mass is 16.5. The molecule has 0 aromatic heterocycles. The summed E-state index contributed by atoms with van der Waals surface area (Å²) in [6.45, 7) is 9.65. The molecule has 0 aliphatic rings. The molecule has 0 heterocycles. The molecule has 3 nitrogen and oxygen atoms in total. The van der Waals surface area contributed by atoms with Crippen LogP contribution in [0.5, 0.6) is 0 Å². The fourth-order valence-corrected chi connectivity index (χ4v) is 2.13. The van der Waals surface area contributed by atoms with E-state index in [2.05, 4.69) is 44.3 Å². The Kier molecular flexibility index (Phi) is 8.51. The smallest absolute Gasteiger partial charge is 0.0700 e. The predicted molar refractivity (Wildman–Crippen MR) is 84.3 cm³/mol. The van der Waals surface area contributed by atoms with E-state index < -0.39 is 0 Å². The second-order valence-electron chi connectivity index (χ2n) is 5.24. The monoisotopic (exact) mass is 279 g/mol. The molecule has 3 heteroatoms. The van der Waals surface area contributed by atoms with Gasteiger partial charge in [-0.3, -0.25) is 0 Å². The van der Waals surface area contributed by atoms with Gasteiger partial charge in [-0.1, -0.05) is 25.1 Å². The summed E-state index contributed by atoms with van der Waals surface area (Å²) in [6, 6.07) is 7.09. The summed E-state index contributed by atoms with van der Waals surface area (Å²) in [5.74, 6) is 0. The minimum atomic E-state index is 0.372. The standard InChI is InChI=1S/C17H29NO2/c1-5-9-18-17(8-10-20-12-11-19-4)16-7-6-14(2)15(3)13-16/h6-7,13,17-18H,5,8-12H2,1-4H3. The predicted octanol–water partition coefficient (Wildman–Crippen LogP) is 3.40. The molecular weight excluding hydrogens is 250 g/mol. The van der Waals surface area contributed by atoms with Crippen molar-refractivity contribution in [1.29, 1.82) is 0 Å². The molecule has 1 N–H and O–H groups in total. The van der Waals surface area contributed by atoms with Gasteiger partial charge in [-0.2, -0.15) is 0 Å². The summed E-state index contributed by atoms with van der Waals surface area (Å²) in [5, 5.41) is 3.61. The molecule has 114 valence electrons. The van der Waals surface area contributed by atoms with E-state index in [0.29, 0.717) is 19.3 Å². The van der Waals surface area contributed by atoms with Crippen LogP contribution in [-0.4, -0.2) is 33.5 Å². The van der Waals surface area contributed by atoms with Crippen molar-refractivity contribution < 1.29 is 9.47 Å². The highest BCUT2D eigenvalue weighted by molar-refractivity contribution is 5.31. The number of methoxy groups -OCH3 is 1. The van der Waals surface area contributed by atoms with Crippen LogP contribution >= 0.6 is 0 Å². The van der Waals surface area contributed by atoms with Crippen molar-refractivity contribution in [3.8, 4) is 0 Å².